The molecule has 2 rings (SSSR count). The van der Waals surface area contributed by atoms with Gasteiger partial charge in [-0.15, -0.1) is 11.3 Å². The van der Waals surface area contributed by atoms with Crippen molar-refractivity contribution in [2.45, 2.75) is 38.6 Å². The highest BCUT2D eigenvalue weighted by atomic mass is 79.9. The average molecular weight is 345 g/mol. The molecule has 0 bridgehead atoms. The summed E-state index contributed by atoms with van der Waals surface area (Å²) in [4.78, 5) is 15.5. The van der Waals surface area contributed by atoms with Crippen LogP contribution >= 0.6 is 27.3 Å². The third-order valence-corrected chi connectivity index (χ3v) is 5.52. The minimum atomic E-state index is 0.184. The third-order valence-electron chi connectivity index (χ3n) is 3.76. The highest BCUT2D eigenvalue weighted by Gasteiger charge is 2.25. The lowest BCUT2D eigenvalue weighted by Crippen LogP contribution is -2.45. The molecular weight excluding hydrogens is 324 g/mol. The first-order chi connectivity index (χ1) is 9.06. The zero-order valence-electron chi connectivity index (χ0n) is 11.3. The average Bonchev–Trinajstić information content (AvgIpc) is 2.82. The van der Waals surface area contributed by atoms with Gasteiger partial charge in [0.25, 0.3) is 0 Å². The normalized spacial score (nSPS) is 21.4. The summed E-state index contributed by atoms with van der Waals surface area (Å²) < 4.78 is 1.11. The van der Waals surface area contributed by atoms with E-state index in [0.717, 1.165) is 36.8 Å². The fraction of sp³-hybridized carbons (Fsp3) is 0.643. The number of hydrogen-bond acceptors (Lipinski definition) is 3. The molecule has 1 amide bonds. The van der Waals surface area contributed by atoms with Crippen LogP contribution in [0.2, 0.25) is 0 Å². The van der Waals surface area contributed by atoms with Gasteiger partial charge in [0, 0.05) is 40.3 Å². The maximum absolute atomic E-state index is 12.2. The summed E-state index contributed by atoms with van der Waals surface area (Å²) in [6.45, 7) is 3.78. The highest BCUT2D eigenvalue weighted by Crippen LogP contribution is 2.23. The van der Waals surface area contributed by atoms with Crippen LogP contribution in [0.25, 0.3) is 0 Å². The van der Waals surface area contributed by atoms with Crippen molar-refractivity contribution < 1.29 is 4.79 Å². The predicted octanol–water partition coefficient (Wildman–Crippen LogP) is 3.03. The molecule has 1 aromatic rings. The molecule has 3 nitrogen and oxygen atoms in total. The van der Waals surface area contributed by atoms with Crippen LogP contribution in [-0.4, -0.2) is 29.9 Å². The molecule has 1 aromatic heterocycles. The van der Waals surface area contributed by atoms with Gasteiger partial charge in [-0.1, -0.05) is 0 Å². The molecule has 5 heteroatoms. The molecular formula is C14H21BrN2OS. The minimum Gasteiger partial charge on any atom is -0.342 e. The molecule has 2 heterocycles. The maximum atomic E-state index is 12.2. The van der Waals surface area contributed by atoms with Crippen molar-refractivity contribution >= 4 is 33.2 Å². The van der Waals surface area contributed by atoms with Crippen LogP contribution in [0.4, 0.5) is 0 Å². The lowest BCUT2D eigenvalue weighted by Gasteiger charge is -2.34. The lowest BCUT2D eigenvalue weighted by atomic mass is 9.92. The molecule has 106 valence electrons. The number of nitrogens with two attached hydrogens (primary N) is 1. The second-order valence-corrected chi connectivity index (χ2v) is 7.24. The first kappa shape index (κ1) is 15.0. The number of aryl methyl sites for hydroxylation is 1. The van der Waals surface area contributed by atoms with Gasteiger partial charge in [-0.05, 0) is 54.1 Å². The number of amides is 1. The fourth-order valence-electron chi connectivity index (χ4n) is 2.54. The zero-order valence-corrected chi connectivity index (χ0v) is 13.7. The molecule has 0 spiro atoms. The van der Waals surface area contributed by atoms with E-state index >= 15 is 0 Å². The third kappa shape index (κ3) is 4.29. The van der Waals surface area contributed by atoms with Crippen LogP contribution in [0.1, 0.15) is 31.1 Å². The van der Waals surface area contributed by atoms with Gasteiger partial charge in [0.05, 0.1) is 0 Å². The molecule has 0 saturated carbocycles. The molecule has 1 fully saturated rings. The van der Waals surface area contributed by atoms with Crippen LogP contribution in [0.15, 0.2) is 15.9 Å². The molecule has 0 aliphatic carbocycles. The van der Waals surface area contributed by atoms with Gasteiger partial charge in [0.1, 0.15) is 0 Å². The summed E-state index contributed by atoms with van der Waals surface area (Å²) in [6.07, 6.45) is 3.69. The molecule has 2 atom stereocenters. The summed E-state index contributed by atoms with van der Waals surface area (Å²) in [5.41, 5.74) is 5.96. The van der Waals surface area contributed by atoms with E-state index in [9.17, 15) is 4.79 Å². The Hall–Kier alpha value is -0.390. The molecule has 0 aromatic carbocycles. The standard InChI is InChI=1S/C14H21BrN2OS/c1-10(16)11-3-2-6-17(8-11)14(18)5-4-13-7-12(15)9-19-13/h7,9-11H,2-6,8,16H2,1H3. The van der Waals surface area contributed by atoms with E-state index in [-0.39, 0.29) is 11.9 Å². The molecule has 2 unspecified atom stereocenters. The second-order valence-electron chi connectivity index (χ2n) is 5.33. The first-order valence-corrected chi connectivity index (χ1v) is 8.50. The fourth-order valence-corrected chi connectivity index (χ4v) is 3.99. The maximum Gasteiger partial charge on any atom is 0.222 e. The topological polar surface area (TPSA) is 46.3 Å². The summed E-state index contributed by atoms with van der Waals surface area (Å²) in [7, 11) is 0. The van der Waals surface area contributed by atoms with Crippen LogP contribution < -0.4 is 5.73 Å². The van der Waals surface area contributed by atoms with Crippen molar-refractivity contribution in [1.82, 2.24) is 4.90 Å². The van der Waals surface area contributed by atoms with Crippen LogP contribution in [0.3, 0.4) is 0 Å². The van der Waals surface area contributed by atoms with E-state index in [2.05, 4.69) is 27.4 Å². The Labute approximate surface area is 127 Å². The van der Waals surface area contributed by atoms with Crippen molar-refractivity contribution in [1.29, 1.82) is 0 Å². The summed E-state index contributed by atoms with van der Waals surface area (Å²) >= 11 is 5.15. The Bertz CT molecular complexity index is 433. The lowest BCUT2D eigenvalue weighted by molar-refractivity contribution is -0.133. The van der Waals surface area contributed by atoms with Crippen LogP contribution in [-0.2, 0) is 11.2 Å². The van der Waals surface area contributed by atoms with E-state index in [4.69, 9.17) is 5.73 Å². The van der Waals surface area contributed by atoms with E-state index in [0.29, 0.717) is 12.3 Å². The summed E-state index contributed by atoms with van der Waals surface area (Å²) in [5, 5.41) is 2.06. The van der Waals surface area contributed by atoms with Crippen LogP contribution in [0.5, 0.6) is 0 Å². The molecule has 19 heavy (non-hydrogen) atoms. The van der Waals surface area contributed by atoms with Crippen molar-refractivity contribution in [3.63, 3.8) is 0 Å². The number of piperidine rings is 1. The monoisotopic (exact) mass is 344 g/mol. The second kappa shape index (κ2) is 6.86. The summed E-state index contributed by atoms with van der Waals surface area (Å²) in [6, 6.07) is 2.28. The number of carbonyl (C=O) groups is 1. The van der Waals surface area contributed by atoms with Gasteiger partial charge < -0.3 is 10.6 Å². The first-order valence-electron chi connectivity index (χ1n) is 6.82. The smallest absolute Gasteiger partial charge is 0.222 e. The number of hydrogen-bond donors (Lipinski definition) is 1. The van der Waals surface area contributed by atoms with E-state index in [1.54, 1.807) is 11.3 Å². The highest BCUT2D eigenvalue weighted by molar-refractivity contribution is 9.10. The number of carbonyl (C=O) groups excluding carboxylic acids is 1. The molecule has 0 radical (unpaired) electrons. The van der Waals surface area contributed by atoms with Gasteiger partial charge in [-0.3, -0.25) is 4.79 Å². The number of likely N-dealkylation sites (tertiary alicyclic amines) is 1. The molecule has 1 aliphatic heterocycles. The largest absolute Gasteiger partial charge is 0.342 e. The van der Waals surface area contributed by atoms with Gasteiger partial charge in [-0.2, -0.15) is 0 Å². The number of rotatable bonds is 4. The van der Waals surface area contributed by atoms with Crippen molar-refractivity contribution in [3.8, 4) is 0 Å². The minimum absolute atomic E-state index is 0.184. The van der Waals surface area contributed by atoms with Crippen molar-refractivity contribution in [3.05, 3.63) is 20.8 Å². The van der Waals surface area contributed by atoms with E-state index < -0.39 is 0 Å². The van der Waals surface area contributed by atoms with Gasteiger partial charge in [0.2, 0.25) is 5.91 Å². The van der Waals surface area contributed by atoms with E-state index in [1.807, 2.05) is 11.8 Å². The van der Waals surface area contributed by atoms with Crippen LogP contribution in [0, 0.1) is 5.92 Å². The number of thiophene rings is 1. The Morgan fingerprint density at radius 1 is 1.68 bits per heavy atom. The Morgan fingerprint density at radius 3 is 3.11 bits per heavy atom. The molecule has 1 aliphatic rings. The zero-order chi connectivity index (χ0) is 13.8. The number of nitrogens with zero attached hydrogens (tertiary/aromatic N) is 1. The predicted molar refractivity (Wildman–Crippen MR) is 83.3 cm³/mol. The van der Waals surface area contributed by atoms with Crippen molar-refractivity contribution in [2.24, 2.45) is 11.7 Å². The Morgan fingerprint density at radius 2 is 2.47 bits per heavy atom. The van der Waals surface area contributed by atoms with E-state index in [1.165, 1.54) is 4.88 Å². The Kier molecular flexibility index (Phi) is 5.42. The Balaban J connectivity index is 1.82. The quantitative estimate of drug-likeness (QED) is 0.912. The molecule has 2 N–H and O–H groups in total. The van der Waals surface area contributed by atoms with Gasteiger partial charge in [0.15, 0.2) is 0 Å². The summed E-state index contributed by atoms with van der Waals surface area (Å²) in [5.74, 6) is 0.739. The number of halogens is 1. The van der Waals surface area contributed by atoms with Crippen molar-refractivity contribution in [2.75, 3.05) is 13.1 Å². The van der Waals surface area contributed by atoms with Gasteiger partial charge >= 0.3 is 0 Å². The SMILES string of the molecule is CC(N)C1CCCN(C(=O)CCc2cc(Br)cs2)C1. The van der Waals surface area contributed by atoms with Gasteiger partial charge in [-0.25, -0.2) is 0 Å². The molecule has 1 saturated heterocycles.